The molecule has 0 spiro atoms. The Bertz CT molecular complexity index is 568. The maximum absolute atomic E-state index is 13.6. The van der Waals surface area contributed by atoms with Crippen molar-refractivity contribution < 1.29 is 18.7 Å². The highest BCUT2D eigenvalue weighted by Gasteiger charge is 2.33. The van der Waals surface area contributed by atoms with Crippen LogP contribution in [0.5, 0.6) is 0 Å². The van der Waals surface area contributed by atoms with Gasteiger partial charge in [0.1, 0.15) is 11.6 Å². The van der Waals surface area contributed by atoms with Crippen LogP contribution in [0.3, 0.4) is 0 Å². The zero-order valence-electron chi connectivity index (χ0n) is 13.8. The summed E-state index contributed by atoms with van der Waals surface area (Å²) in [5.41, 5.74) is -0.0152. The first-order chi connectivity index (χ1) is 11.6. The van der Waals surface area contributed by atoms with Crippen LogP contribution in [0.4, 0.5) is 8.78 Å². The van der Waals surface area contributed by atoms with Crippen LogP contribution in [-0.4, -0.2) is 59.1 Å². The van der Waals surface area contributed by atoms with E-state index < -0.39 is 11.6 Å². The molecule has 1 aromatic rings. The van der Waals surface area contributed by atoms with E-state index in [9.17, 15) is 18.7 Å². The summed E-state index contributed by atoms with van der Waals surface area (Å²) in [6.45, 7) is 2.73. The Hall–Kier alpha value is -1.53. The fraction of sp³-hybridized carbons (Fsp3) is 0.611. The minimum atomic E-state index is -0.595. The fourth-order valence-electron chi connectivity index (χ4n) is 3.81. The van der Waals surface area contributed by atoms with E-state index in [-0.39, 0.29) is 36.5 Å². The molecule has 4 nitrogen and oxygen atoms in total. The minimum Gasteiger partial charge on any atom is -0.391 e. The summed E-state index contributed by atoms with van der Waals surface area (Å²) in [4.78, 5) is 16.3. The Morgan fingerprint density at radius 1 is 1.12 bits per heavy atom. The lowest BCUT2D eigenvalue weighted by atomic mass is 10.1. The number of aliphatic hydroxyl groups is 1. The molecule has 0 unspecified atom stereocenters. The smallest absolute Gasteiger partial charge is 0.222 e. The monoisotopic (exact) mass is 338 g/mol. The summed E-state index contributed by atoms with van der Waals surface area (Å²) < 4.78 is 27.2. The summed E-state index contributed by atoms with van der Waals surface area (Å²) in [7, 11) is 0. The predicted octanol–water partition coefficient (Wildman–Crippen LogP) is 1.95. The molecule has 132 valence electrons. The molecule has 1 saturated carbocycles. The SMILES string of the molecule is O=C(CCc1c(F)cccc1F)N1CCN([C@@H]2CCC[C@H]2O)CC1. The first kappa shape index (κ1) is 17.3. The number of halogens is 2. The molecule has 2 fully saturated rings. The number of amides is 1. The van der Waals surface area contributed by atoms with Gasteiger partial charge in [-0.05, 0) is 37.8 Å². The molecular formula is C18H24F2N2O2. The van der Waals surface area contributed by atoms with Gasteiger partial charge in [-0.1, -0.05) is 6.07 Å². The molecule has 1 aromatic carbocycles. The summed E-state index contributed by atoms with van der Waals surface area (Å²) in [5.74, 6) is -1.25. The van der Waals surface area contributed by atoms with Crippen molar-refractivity contribution in [1.29, 1.82) is 0 Å². The molecule has 2 atom stereocenters. The standard InChI is InChI=1S/C18H24F2N2O2/c19-14-3-1-4-15(20)13(14)7-8-18(24)22-11-9-21(10-12-22)16-5-2-6-17(16)23/h1,3-4,16-17,23H,2,5-12H2/t16-,17-/m1/s1. The van der Waals surface area contributed by atoms with E-state index in [1.54, 1.807) is 4.90 Å². The second kappa shape index (κ2) is 7.57. The predicted molar refractivity (Wildman–Crippen MR) is 86.5 cm³/mol. The zero-order chi connectivity index (χ0) is 17.1. The summed E-state index contributed by atoms with van der Waals surface area (Å²) >= 11 is 0. The minimum absolute atomic E-state index is 0.0152. The highest BCUT2D eigenvalue weighted by Crippen LogP contribution is 2.25. The van der Waals surface area contributed by atoms with Gasteiger partial charge in [0.2, 0.25) is 5.91 Å². The van der Waals surface area contributed by atoms with Crippen molar-refractivity contribution in [2.75, 3.05) is 26.2 Å². The van der Waals surface area contributed by atoms with Gasteiger partial charge in [-0.3, -0.25) is 9.69 Å². The number of piperazine rings is 1. The van der Waals surface area contributed by atoms with Crippen LogP contribution in [-0.2, 0) is 11.2 Å². The molecule has 1 amide bonds. The average Bonchev–Trinajstić information content (AvgIpc) is 3.00. The zero-order valence-corrected chi connectivity index (χ0v) is 13.8. The topological polar surface area (TPSA) is 43.8 Å². The molecule has 6 heteroatoms. The number of carbonyl (C=O) groups is 1. The van der Waals surface area contributed by atoms with E-state index >= 15 is 0 Å². The van der Waals surface area contributed by atoms with Gasteiger partial charge in [0.25, 0.3) is 0 Å². The van der Waals surface area contributed by atoms with Gasteiger partial charge in [0, 0.05) is 44.2 Å². The molecule has 2 aliphatic rings. The lowest BCUT2D eigenvalue weighted by molar-refractivity contribution is -0.133. The number of aliphatic hydroxyl groups excluding tert-OH is 1. The number of benzene rings is 1. The van der Waals surface area contributed by atoms with Crippen LogP contribution in [0.1, 0.15) is 31.2 Å². The Morgan fingerprint density at radius 2 is 1.79 bits per heavy atom. The van der Waals surface area contributed by atoms with Gasteiger partial charge in [0.15, 0.2) is 0 Å². The lowest BCUT2D eigenvalue weighted by Crippen LogP contribution is -2.53. The second-order valence-corrected chi connectivity index (χ2v) is 6.68. The van der Waals surface area contributed by atoms with E-state index in [0.29, 0.717) is 13.1 Å². The summed E-state index contributed by atoms with van der Waals surface area (Å²) in [5, 5.41) is 9.99. The molecule has 0 aromatic heterocycles. The van der Waals surface area contributed by atoms with Crippen LogP contribution < -0.4 is 0 Å². The maximum Gasteiger partial charge on any atom is 0.222 e. The van der Waals surface area contributed by atoms with Crippen molar-refractivity contribution in [3.05, 3.63) is 35.4 Å². The van der Waals surface area contributed by atoms with E-state index in [2.05, 4.69) is 4.90 Å². The molecule has 1 N–H and O–H groups in total. The Kier molecular flexibility index (Phi) is 5.46. The molecule has 0 radical (unpaired) electrons. The molecular weight excluding hydrogens is 314 g/mol. The normalized spacial score (nSPS) is 25.2. The Labute approximate surface area is 141 Å². The summed E-state index contributed by atoms with van der Waals surface area (Å²) in [6.07, 6.45) is 2.87. The van der Waals surface area contributed by atoms with Crippen LogP contribution in [0.25, 0.3) is 0 Å². The van der Waals surface area contributed by atoms with Crippen LogP contribution in [0, 0.1) is 11.6 Å². The third-order valence-electron chi connectivity index (χ3n) is 5.23. The van der Waals surface area contributed by atoms with Crippen molar-refractivity contribution in [3.8, 4) is 0 Å². The average molecular weight is 338 g/mol. The van der Waals surface area contributed by atoms with Gasteiger partial charge in [-0.15, -0.1) is 0 Å². The van der Waals surface area contributed by atoms with Crippen molar-refractivity contribution in [2.45, 2.75) is 44.2 Å². The van der Waals surface area contributed by atoms with E-state index in [0.717, 1.165) is 32.4 Å². The van der Waals surface area contributed by atoms with Crippen LogP contribution in [0.15, 0.2) is 18.2 Å². The first-order valence-corrected chi connectivity index (χ1v) is 8.69. The molecule has 1 aliphatic carbocycles. The molecule has 1 saturated heterocycles. The van der Waals surface area contributed by atoms with Crippen LogP contribution >= 0.6 is 0 Å². The molecule has 3 rings (SSSR count). The molecule has 24 heavy (non-hydrogen) atoms. The number of rotatable bonds is 4. The largest absolute Gasteiger partial charge is 0.391 e. The number of nitrogens with zero attached hydrogens (tertiary/aromatic N) is 2. The van der Waals surface area contributed by atoms with Gasteiger partial charge in [-0.25, -0.2) is 8.78 Å². The van der Waals surface area contributed by atoms with Crippen molar-refractivity contribution in [3.63, 3.8) is 0 Å². The first-order valence-electron chi connectivity index (χ1n) is 8.69. The molecule has 0 bridgehead atoms. The van der Waals surface area contributed by atoms with Gasteiger partial charge >= 0.3 is 0 Å². The number of carbonyl (C=O) groups excluding carboxylic acids is 1. The highest BCUT2D eigenvalue weighted by molar-refractivity contribution is 5.76. The summed E-state index contributed by atoms with van der Waals surface area (Å²) in [6, 6.07) is 3.98. The lowest BCUT2D eigenvalue weighted by Gasteiger charge is -2.39. The van der Waals surface area contributed by atoms with Crippen molar-refractivity contribution in [2.24, 2.45) is 0 Å². The second-order valence-electron chi connectivity index (χ2n) is 6.68. The van der Waals surface area contributed by atoms with Crippen molar-refractivity contribution >= 4 is 5.91 Å². The van der Waals surface area contributed by atoms with Crippen molar-refractivity contribution in [1.82, 2.24) is 9.80 Å². The number of hydrogen-bond donors (Lipinski definition) is 1. The maximum atomic E-state index is 13.6. The highest BCUT2D eigenvalue weighted by atomic mass is 19.1. The molecule has 1 heterocycles. The Balaban J connectivity index is 1.49. The van der Waals surface area contributed by atoms with E-state index in [1.807, 2.05) is 0 Å². The van der Waals surface area contributed by atoms with Gasteiger partial charge in [0.05, 0.1) is 6.10 Å². The molecule has 1 aliphatic heterocycles. The van der Waals surface area contributed by atoms with Gasteiger partial charge < -0.3 is 10.0 Å². The van der Waals surface area contributed by atoms with Gasteiger partial charge in [-0.2, -0.15) is 0 Å². The van der Waals surface area contributed by atoms with E-state index in [1.165, 1.54) is 18.2 Å². The van der Waals surface area contributed by atoms with Crippen LogP contribution in [0.2, 0.25) is 0 Å². The quantitative estimate of drug-likeness (QED) is 0.913. The number of hydrogen-bond acceptors (Lipinski definition) is 3. The van der Waals surface area contributed by atoms with E-state index in [4.69, 9.17) is 0 Å². The Morgan fingerprint density at radius 3 is 2.38 bits per heavy atom. The third kappa shape index (κ3) is 3.75. The third-order valence-corrected chi connectivity index (χ3v) is 5.23. The fourth-order valence-corrected chi connectivity index (χ4v) is 3.81.